The van der Waals surface area contributed by atoms with E-state index in [0.717, 1.165) is 11.3 Å². The summed E-state index contributed by atoms with van der Waals surface area (Å²) >= 11 is 0. The summed E-state index contributed by atoms with van der Waals surface area (Å²) in [6, 6.07) is 7.38. The van der Waals surface area contributed by atoms with E-state index in [-0.39, 0.29) is 11.8 Å². The second kappa shape index (κ2) is 4.26. The van der Waals surface area contributed by atoms with Crippen molar-refractivity contribution in [3.8, 4) is 5.75 Å². The molecule has 2 rings (SSSR count). The topological polar surface area (TPSA) is 50.1 Å². The highest BCUT2D eigenvalue weighted by atomic mass is 16.3. The summed E-state index contributed by atoms with van der Waals surface area (Å²) in [6.45, 7) is 2.07. The molecule has 1 atom stereocenters. The van der Waals surface area contributed by atoms with E-state index in [1.807, 2.05) is 25.4 Å². The normalized spacial score (nSPS) is 12.4. The first-order chi connectivity index (χ1) is 7.65. The second-order valence-corrected chi connectivity index (χ2v) is 3.86. The zero-order valence-corrected chi connectivity index (χ0v) is 9.38. The number of aromatic nitrogens is 2. The van der Waals surface area contributed by atoms with E-state index in [1.54, 1.807) is 23.0 Å². The van der Waals surface area contributed by atoms with Gasteiger partial charge in [-0.2, -0.15) is 5.10 Å². The van der Waals surface area contributed by atoms with E-state index in [1.165, 1.54) is 0 Å². The summed E-state index contributed by atoms with van der Waals surface area (Å²) in [5.41, 5.74) is 2.12. The lowest BCUT2D eigenvalue weighted by atomic mass is 10.1. The van der Waals surface area contributed by atoms with Gasteiger partial charge in [-0.15, -0.1) is 0 Å². The Morgan fingerprint density at radius 1 is 1.31 bits per heavy atom. The number of nitrogens with one attached hydrogen (secondary N) is 1. The van der Waals surface area contributed by atoms with Crippen molar-refractivity contribution in [2.45, 2.75) is 13.0 Å². The fourth-order valence-corrected chi connectivity index (χ4v) is 1.59. The molecule has 2 aromatic rings. The van der Waals surface area contributed by atoms with Crippen molar-refractivity contribution in [2.75, 3.05) is 5.32 Å². The van der Waals surface area contributed by atoms with E-state index in [2.05, 4.69) is 17.3 Å². The van der Waals surface area contributed by atoms with E-state index in [0.29, 0.717) is 0 Å². The van der Waals surface area contributed by atoms with Crippen LogP contribution in [0.4, 0.5) is 5.69 Å². The van der Waals surface area contributed by atoms with Gasteiger partial charge in [-0.3, -0.25) is 4.68 Å². The molecule has 1 unspecified atom stereocenters. The molecule has 0 aliphatic rings. The lowest BCUT2D eigenvalue weighted by Gasteiger charge is -2.13. The molecule has 4 heteroatoms. The molecule has 84 valence electrons. The highest BCUT2D eigenvalue weighted by Gasteiger charge is 2.05. The van der Waals surface area contributed by atoms with Crippen LogP contribution in [0.5, 0.6) is 5.75 Å². The monoisotopic (exact) mass is 217 g/mol. The van der Waals surface area contributed by atoms with Gasteiger partial charge in [0.05, 0.1) is 11.9 Å². The molecule has 0 amide bonds. The molecule has 0 aliphatic heterocycles. The predicted molar refractivity (Wildman–Crippen MR) is 63.4 cm³/mol. The minimum absolute atomic E-state index is 0.185. The summed E-state index contributed by atoms with van der Waals surface area (Å²) in [7, 11) is 1.89. The number of hydrogen-bond donors (Lipinski definition) is 2. The van der Waals surface area contributed by atoms with Gasteiger partial charge in [0.15, 0.2) is 0 Å². The molecular formula is C12H15N3O. The molecular weight excluding hydrogens is 202 g/mol. The molecule has 4 nitrogen and oxygen atoms in total. The van der Waals surface area contributed by atoms with Crippen molar-refractivity contribution in [1.29, 1.82) is 0 Å². The minimum atomic E-state index is 0.185. The Kier molecular flexibility index (Phi) is 2.81. The molecule has 2 N–H and O–H groups in total. The molecule has 0 spiro atoms. The first-order valence-electron chi connectivity index (χ1n) is 5.19. The quantitative estimate of drug-likeness (QED) is 0.829. The zero-order valence-electron chi connectivity index (χ0n) is 9.38. The standard InChI is InChI=1S/C12H15N3O/c1-9(10-3-5-12(16)6-4-10)14-11-7-13-15(2)8-11/h3-9,14,16H,1-2H3. The van der Waals surface area contributed by atoms with Crippen molar-refractivity contribution in [2.24, 2.45) is 7.05 Å². The van der Waals surface area contributed by atoms with Gasteiger partial charge in [-0.1, -0.05) is 12.1 Å². The van der Waals surface area contributed by atoms with E-state index in [4.69, 9.17) is 0 Å². The molecule has 16 heavy (non-hydrogen) atoms. The SMILES string of the molecule is CC(Nc1cnn(C)c1)c1ccc(O)cc1. The lowest BCUT2D eigenvalue weighted by molar-refractivity contribution is 0.475. The van der Waals surface area contributed by atoms with Crippen molar-refractivity contribution in [1.82, 2.24) is 9.78 Å². The summed E-state index contributed by atoms with van der Waals surface area (Å²) in [5.74, 6) is 0.289. The summed E-state index contributed by atoms with van der Waals surface area (Å²) < 4.78 is 1.76. The minimum Gasteiger partial charge on any atom is -0.508 e. The number of phenols is 1. The molecule has 0 saturated carbocycles. The Bertz CT molecular complexity index is 461. The fourth-order valence-electron chi connectivity index (χ4n) is 1.59. The van der Waals surface area contributed by atoms with Crippen LogP contribution in [0.1, 0.15) is 18.5 Å². The molecule has 0 bridgehead atoms. The van der Waals surface area contributed by atoms with Gasteiger partial charge in [0.1, 0.15) is 5.75 Å². The maximum Gasteiger partial charge on any atom is 0.115 e. The Morgan fingerprint density at radius 2 is 2.00 bits per heavy atom. The average molecular weight is 217 g/mol. The summed E-state index contributed by atoms with van der Waals surface area (Å²) in [6.07, 6.45) is 3.72. The van der Waals surface area contributed by atoms with Crippen LogP contribution < -0.4 is 5.32 Å². The van der Waals surface area contributed by atoms with E-state index < -0.39 is 0 Å². The third-order valence-electron chi connectivity index (χ3n) is 2.48. The van der Waals surface area contributed by atoms with E-state index in [9.17, 15) is 5.11 Å². The molecule has 0 radical (unpaired) electrons. The largest absolute Gasteiger partial charge is 0.508 e. The van der Waals surface area contributed by atoms with Crippen molar-refractivity contribution in [3.05, 3.63) is 42.2 Å². The third kappa shape index (κ3) is 2.34. The van der Waals surface area contributed by atoms with E-state index >= 15 is 0 Å². The number of phenolic OH excluding ortho intramolecular Hbond substituents is 1. The van der Waals surface area contributed by atoms with Gasteiger partial charge < -0.3 is 10.4 Å². The zero-order chi connectivity index (χ0) is 11.5. The number of aryl methyl sites for hydroxylation is 1. The van der Waals surface area contributed by atoms with Crippen LogP contribution in [0, 0.1) is 0 Å². The predicted octanol–water partition coefficient (Wildman–Crippen LogP) is 2.30. The van der Waals surface area contributed by atoms with Crippen molar-refractivity contribution < 1.29 is 5.11 Å². The summed E-state index contributed by atoms with van der Waals surface area (Å²) in [5, 5.41) is 16.6. The van der Waals surface area contributed by atoms with Gasteiger partial charge in [0.25, 0.3) is 0 Å². The van der Waals surface area contributed by atoms with Crippen LogP contribution in [-0.2, 0) is 7.05 Å². The Balaban J connectivity index is 2.08. The van der Waals surface area contributed by atoms with Crippen LogP contribution in [0.25, 0.3) is 0 Å². The number of hydrogen-bond acceptors (Lipinski definition) is 3. The van der Waals surface area contributed by atoms with Crippen LogP contribution in [0.15, 0.2) is 36.7 Å². The van der Waals surface area contributed by atoms with Gasteiger partial charge in [0, 0.05) is 19.3 Å². The number of anilines is 1. The van der Waals surface area contributed by atoms with Crippen molar-refractivity contribution in [3.63, 3.8) is 0 Å². The number of nitrogens with zero attached hydrogens (tertiary/aromatic N) is 2. The smallest absolute Gasteiger partial charge is 0.115 e. The molecule has 0 saturated heterocycles. The average Bonchev–Trinajstić information content (AvgIpc) is 2.65. The fraction of sp³-hybridized carbons (Fsp3) is 0.250. The van der Waals surface area contributed by atoms with Gasteiger partial charge >= 0.3 is 0 Å². The molecule has 0 aliphatic carbocycles. The van der Waals surface area contributed by atoms with Crippen LogP contribution in [0.3, 0.4) is 0 Å². The van der Waals surface area contributed by atoms with Crippen LogP contribution in [0.2, 0.25) is 0 Å². The molecule has 1 aromatic heterocycles. The number of benzene rings is 1. The molecule has 0 fully saturated rings. The van der Waals surface area contributed by atoms with Crippen LogP contribution >= 0.6 is 0 Å². The lowest BCUT2D eigenvalue weighted by Crippen LogP contribution is -2.05. The van der Waals surface area contributed by atoms with Gasteiger partial charge in [-0.25, -0.2) is 0 Å². The highest BCUT2D eigenvalue weighted by Crippen LogP contribution is 2.20. The molecule has 1 heterocycles. The molecule has 1 aromatic carbocycles. The maximum absolute atomic E-state index is 9.20. The van der Waals surface area contributed by atoms with Crippen LogP contribution in [-0.4, -0.2) is 14.9 Å². The third-order valence-corrected chi connectivity index (χ3v) is 2.48. The number of rotatable bonds is 3. The summed E-state index contributed by atoms with van der Waals surface area (Å²) in [4.78, 5) is 0. The number of aromatic hydroxyl groups is 1. The Hall–Kier alpha value is -1.97. The second-order valence-electron chi connectivity index (χ2n) is 3.86. The highest BCUT2D eigenvalue weighted by molar-refractivity contribution is 5.42. The maximum atomic E-state index is 9.20. The van der Waals surface area contributed by atoms with Gasteiger partial charge in [0.2, 0.25) is 0 Å². The van der Waals surface area contributed by atoms with Gasteiger partial charge in [-0.05, 0) is 24.6 Å². The van der Waals surface area contributed by atoms with Crippen molar-refractivity contribution >= 4 is 5.69 Å². The Morgan fingerprint density at radius 3 is 2.56 bits per heavy atom. The first-order valence-corrected chi connectivity index (χ1v) is 5.19. The Labute approximate surface area is 94.5 Å². The first kappa shape index (κ1) is 10.5.